The number of hydrogen-bond donors (Lipinski definition) is 4. The van der Waals surface area contributed by atoms with E-state index in [1.54, 1.807) is 0 Å². The molecule has 0 saturated heterocycles. The summed E-state index contributed by atoms with van der Waals surface area (Å²) in [5.74, 6) is -1.52. The van der Waals surface area contributed by atoms with Gasteiger partial charge in [-0.3, -0.25) is 9.35 Å². The van der Waals surface area contributed by atoms with Crippen LogP contribution in [0.3, 0.4) is 0 Å². The molecule has 4 N–H and O–H groups in total. The van der Waals surface area contributed by atoms with E-state index in [9.17, 15) is 28.0 Å². The number of carbonyl (C=O) groups is 1. The summed E-state index contributed by atoms with van der Waals surface area (Å²) in [6.45, 7) is 4.53. The average molecular weight is 758 g/mol. The van der Waals surface area contributed by atoms with Crippen molar-refractivity contribution >= 4 is 16.0 Å². The van der Waals surface area contributed by atoms with Gasteiger partial charge in [-0.25, -0.2) is 0 Å². The number of allylic oxidation sites excluding steroid dienone is 1. The molecule has 310 valence electrons. The Labute approximate surface area is 323 Å². The Morgan fingerprint density at radius 1 is 0.519 bits per heavy atom. The minimum Gasteiger partial charge on any atom is -0.387 e. The molecule has 8 heteroatoms. The summed E-state index contributed by atoms with van der Waals surface area (Å²) in [6, 6.07) is -1.23. The van der Waals surface area contributed by atoms with Crippen LogP contribution in [0.1, 0.15) is 239 Å². The number of rotatable bonds is 41. The molecule has 0 bridgehead atoms. The Kier molecular flexibility index (Phi) is 37.6. The number of aliphatic hydroxyl groups excluding tert-OH is 2. The van der Waals surface area contributed by atoms with Gasteiger partial charge in [0, 0.05) is 0 Å². The summed E-state index contributed by atoms with van der Waals surface area (Å²) >= 11 is 0. The quantitative estimate of drug-likeness (QED) is 0.0280. The first kappa shape index (κ1) is 51.0. The van der Waals surface area contributed by atoms with Crippen molar-refractivity contribution in [2.45, 2.75) is 257 Å². The van der Waals surface area contributed by atoms with Crippen molar-refractivity contribution in [1.82, 2.24) is 5.32 Å². The minimum absolute atomic E-state index is 0.286. The third-order valence-corrected chi connectivity index (χ3v) is 11.4. The highest BCUT2D eigenvalue weighted by molar-refractivity contribution is 7.85. The Hall–Kier alpha value is -0.960. The number of carbonyl (C=O) groups excluding carboxylic acids is 1. The third-order valence-electron chi connectivity index (χ3n) is 10.6. The van der Waals surface area contributed by atoms with Crippen LogP contribution in [0.25, 0.3) is 0 Å². The van der Waals surface area contributed by atoms with Crippen LogP contribution in [0, 0.1) is 0 Å². The van der Waals surface area contributed by atoms with Gasteiger partial charge in [-0.2, -0.15) is 8.42 Å². The highest BCUT2D eigenvalue weighted by atomic mass is 32.2. The van der Waals surface area contributed by atoms with Gasteiger partial charge in [0.25, 0.3) is 10.1 Å². The van der Waals surface area contributed by atoms with Crippen LogP contribution in [0.4, 0.5) is 0 Å². The highest BCUT2D eigenvalue weighted by Crippen LogP contribution is 2.16. The molecule has 0 saturated carbocycles. The maximum atomic E-state index is 12.6. The Balaban J connectivity index is 3.95. The summed E-state index contributed by atoms with van der Waals surface area (Å²) in [4.78, 5) is 12.6. The predicted octanol–water partition coefficient (Wildman–Crippen LogP) is 12.3. The first-order chi connectivity index (χ1) is 25.2. The highest BCUT2D eigenvalue weighted by Gasteiger charge is 2.27. The molecule has 0 spiro atoms. The van der Waals surface area contributed by atoms with E-state index in [1.807, 2.05) is 6.08 Å². The van der Waals surface area contributed by atoms with E-state index in [2.05, 4.69) is 19.2 Å². The van der Waals surface area contributed by atoms with Gasteiger partial charge in [-0.05, 0) is 19.3 Å². The molecule has 0 aliphatic rings. The summed E-state index contributed by atoms with van der Waals surface area (Å²) in [5.41, 5.74) is 0. The molecule has 0 aromatic heterocycles. The first-order valence-corrected chi connectivity index (χ1v) is 24.1. The number of aliphatic hydroxyl groups is 2. The van der Waals surface area contributed by atoms with Gasteiger partial charge in [-0.1, -0.05) is 231 Å². The minimum atomic E-state index is -4.44. The van der Waals surface area contributed by atoms with E-state index in [4.69, 9.17) is 0 Å². The van der Waals surface area contributed by atoms with Gasteiger partial charge in [-0.15, -0.1) is 0 Å². The van der Waals surface area contributed by atoms with Crippen LogP contribution >= 0.6 is 0 Å². The van der Waals surface area contributed by atoms with Crippen LogP contribution in [-0.4, -0.2) is 53.1 Å². The zero-order valence-corrected chi connectivity index (χ0v) is 35.1. The second-order valence-corrected chi connectivity index (χ2v) is 17.3. The maximum Gasteiger partial charge on any atom is 0.267 e. The monoisotopic (exact) mass is 758 g/mol. The molecule has 0 aromatic carbocycles. The number of nitrogens with one attached hydrogen (secondary N) is 1. The molecule has 7 nitrogen and oxygen atoms in total. The summed E-state index contributed by atoms with van der Waals surface area (Å²) in [6.07, 6.45) is 44.1. The van der Waals surface area contributed by atoms with Crippen molar-refractivity contribution in [2.75, 3.05) is 5.75 Å². The van der Waals surface area contributed by atoms with Gasteiger partial charge in [0.2, 0.25) is 5.91 Å². The zero-order valence-electron chi connectivity index (χ0n) is 34.3. The van der Waals surface area contributed by atoms with Gasteiger partial charge in [0.1, 0.15) is 6.10 Å². The van der Waals surface area contributed by atoms with Gasteiger partial charge < -0.3 is 15.5 Å². The topological polar surface area (TPSA) is 124 Å². The fourth-order valence-corrected chi connectivity index (χ4v) is 7.84. The molecule has 3 atom stereocenters. The molecule has 0 rings (SSSR count). The first-order valence-electron chi connectivity index (χ1n) is 22.5. The lowest BCUT2D eigenvalue weighted by atomic mass is 10.0. The number of hydrogen-bond acceptors (Lipinski definition) is 5. The van der Waals surface area contributed by atoms with Crippen LogP contribution in [0.2, 0.25) is 0 Å². The summed E-state index contributed by atoms with van der Waals surface area (Å²) < 4.78 is 32.6. The summed E-state index contributed by atoms with van der Waals surface area (Å²) in [7, 11) is -4.44. The third kappa shape index (κ3) is 37.4. The van der Waals surface area contributed by atoms with Crippen LogP contribution in [0.15, 0.2) is 12.2 Å². The van der Waals surface area contributed by atoms with Crippen LogP contribution < -0.4 is 5.32 Å². The molecule has 0 aromatic rings. The lowest BCUT2D eigenvalue weighted by Gasteiger charge is -2.22. The molecule has 0 radical (unpaired) electrons. The van der Waals surface area contributed by atoms with Crippen molar-refractivity contribution in [3.8, 4) is 0 Å². The molecule has 0 fully saturated rings. The van der Waals surface area contributed by atoms with E-state index < -0.39 is 40.0 Å². The van der Waals surface area contributed by atoms with E-state index >= 15 is 0 Å². The Morgan fingerprint density at radius 2 is 0.827 bits per heavy atom. The van der Waals surface area contributed by atoms with Gasteiger partial charge in [0.15, 0.2) is 0 Å². The molecule has 3 unspecified atom stereocenters. The van der Waals surface area contributed by atoms with Crippen molar-refractivity contribution in [3.05, 3.63) is 12.2 Å². The zero-order chi connectivity index (χ0) is 38.4. The lowest BCUT2D eigenvalue weighted by Crippen LogP contribution is -2.50. The van der Waals surface area contributed by atoms with Crippen molar-refractivity contribution in [1.29, 1.82) is 0 Å². The molecule has 52 heavy (non-hydrogen) atoms. The SMILES string of the molecule is CCCCCCCCCCCCCCCCC/C=C/C(O)C(CS(=O)(=O)O)NC(=O)C(O)CCCCCCCCCCCCCCCCCCCC. The molecule has 0 heterocycles. The van der Waals surface area contributed by atoms with Crippen LogP contribution in [-0.2, 0) is 14.9 Å². The summed E-state index contributed by atoms with van der Waals surface area (Å²) in [5, 5.41) is 23.5. The molecular weight excluding hydrogens is 671 g/mol. The molecular formula is C44H87NO6S. The van der Waals surface area contributed by atoms with Gasteiger partial charge >= 0.3 is 0 Å². The second kappa shape index (κ2) is 38.3. The van der Waals surface area contributed by atoms with E-state index in [1.165, 1.54) is 179 Å². The van der Waals surface area contributed by atoms with Crippen molar-refractivity contribution in [2.24, 2.45) is 0 Å². The average Bonchev–Trinajstić information content (AvgIpc) is 3.11. The van der Waals surface area contributed by atoms with E-state index in [0.29, 0.717) is 6.42 Å². The number of unbranched alkanes of at least 4 members (excludes halogenated alkanes) is 32. The number of amides is 1. The van der Waals surface area contributed by atoms with Crippen molar-refractivity contribution < 1.29 is 28.0 Å². The fourth-order valence-electron chi connectivity index (χ4n) is 7.11. The van der Waals surface area contributed by atoms with E-state index in [-0.39, 0.29) is 6.42 Å². The Morgan fingerprint density at radius 3 is 1.15 bits per heavy atom. The maximum absolute atomic E-state index is 12.6. The fraction of sp³-hybridized carbons (Fsp3) is 0.932. The van der Waals surface area contributed by atoms with Gasteiger partial charge in [0.05, 0.1) is 17.9 Å². The molecule has 0 aliphatic heterocycles. The normalized spacial score (nSPS) is 13.9. The van der Waals surface area contributed by atoms with E-state index in [0.717, 1.165) is 38.5 Å². The Bertz CT molecular complexity index is 895. The van der Waals surface area contributed by atoms with Crippen LogP contribution in [0.5, 0.6) is 0 Å². The standard InChI is InChI=1S/C44H87NO6S/c1-3-5-7-9-11-13-15-17-19-21-23-25-27-29-31-33-35-37-39-43(47)44(48)45-41(40-52(49,50)51)42(46)38-36-34-32-30-28-26-24-22-20-18-16-14-12-10-8-6-4-2/h36,38,41-43,46-47H,3-35,37,39-40H2,1-2H3,(H,45,48)(H,49,50,51)/b38-36+. The second-order valence-electron chi connectivity index (χ2n) is 15.8. The van der Waals surface area contributed by atoms with Crippen molar-refractivity contribution in [3.63, 3.8) is 0 Å². The molecule has 1 amide bonds. The predicted molar refractivity (Wildman–Crippen MR) is 222 cm³/mol. The molecule has 0 aliphatic carbocycles. The smallest absolute Gasteiger partial charge is 0.267 e. The largest absolute Gasteiger partial charge is 0.387 e. The lowest BCUT2D eigenvalue weighted by molar-refractivity contribution is -0.130.